The summed E-state index contributed by atoms with van der Waals surface area (Å²) in [5.74, 6) is 0. The quantitative estimate of drug-likeness (QED) is 0.725. The summed E-state index contributed by atoms with van der Waals surface area (Å²) in [6, 6.07) is 8.93. The summed E-state index contributed by atoms with van der Waals surface area (Å²) in [5, 5.41) is 0. The van der Waals surface area contributed by atoms with E-state index in [0.717, 1.165) is 19.5 Å². The molecule has 0 heterocycles. The van der Waals surface area contributed by atoms with Gasteiger partial charge in [0.05, 0.1) is 0 Å². The molecule has 0 atom stereocenters. The van der Waals surface area contributed by atoms with Gasteiger partial charge in [0.2, 0.25) is 0 Å². The Bertz CT molecular complexity index is 275. The molecule has 2 heteroatoms. The molecule has 15 heavy (non-hydrogen) atoms. The average molecular weight is 206 g/mol. The van der Waals surface area contributed by atoms with E-state index >= 15 is 0 Å². The number of rotatable bonds is 5. The van der Waals surface area contributed by atoms with Crippen molar-refractivity contribution in [1.29, 1.82) is 0 Å². The number of hydrogen-bond donors (Lipinski definition) is 0. The molecule has 0 unspecified atom stereocenters. The fraction of sp³-hybridized carbons (Fsp3) is 0.538. The van der Waals surface area contributed by atoms with Gasteiger partial charge in [0, 0.05) is 13.1 Å². The third-order valence-electron chi connectivity index (χ3n) is 2.37. The van der Waals surface area contributed by atoms with Crippen molar-refractivity contribution in [2.75, 3.05) is 34.7 Å². The Morgan fingerprint density at radius 3 is 1.80 bits per heavy atom. The largest absolute Gasteiger partial charge is 0.309 e. The zero-order valence-corrected chi connectivity index (χ0v) is 10.3. The van der Waals surface area contributed by atoms with Crippen molar-refractivity contribution < 1.29 is 0 Å². The van der Waals surface area contributed by atoms with Crippen LogP contribution in [0.25, 0.3) is 0 Å². The highest BCUT2D eigenvalue weighted by Gasteiger charge is 1.97. The summed E-state index contributed by atoms with van der Waals surface area (Å²) in [6.45, 7) is 2.14. The lowest BCUT2D eigenvalue weighted by Crippen LogP contribution is -2.15. The second kappa shape index (κ2) is 5.89. The minimum atomic E-state index is 1.02. The van der Waals surface area contributed by atoms with Crippen molar-refractivity contribution in [3.63, 3.8) is 0 Å². The molecule has 0 aromatic heterocycles. The molecule has 0 aliphatic heterocycles. The highest BCUT2D eigenvalue weighted by atomic mass is 15.0. The van der Waals surface area contributed by atoms with Crippen LogP contribution < -0.4 is 0 Å². The first-order chi connectivity index (χ1) is 7.08. The molecule has 1 aromatic carbocycles. The fourth-order valence-corrected chi connectivity index (χ4v) is 1.53. The van der Waals surface area contributed by atoms with Crippen molar-refractivity contribution in [2.24, 2.45) is 0 Å². The molecule has 0 amide bonds. The first kappa shape index (κ1) is 12.2. The molecule has 84 valence electrons. The normalized spacial score (nSPS) is 11.3. The van der Waals surface area contributed by atoms with Crippen LogP contribution in [0.2, 0.25) is 0 Å². The topological polar surface area (TPSA) is 6.48 Å². The second-order valence-electron chi connectivity index (χ2n) is 4.61. The maximum absolute atomic E-state index is 2.24. The van der Waals surface area contributed by atoms with E-state index in [4.69, 9.17) is 0 Å². The van der Waals surface area contributed by atoms with E-state index in [9.17, 15) is 0 Å². The number of hydrogen-bond acceptors (Lipinski definition) is 2. The Balaban J connectivity index is 2.49. The average Bonchev–Trinajstić information content (AvgIpc) is 2.16. The van der Waals surface area contributed by atoms with Crippen LogP contribution >= 0.6 is 0 Å². The Morgan fingerprint density at radius 1 is 0.800 bits per heavy atom. The van der Waals surface area contributed by atoms with E-state index < -0.39 is 0 Å². The molecule has 0 N–H and O–H groups in total. The van der Waals surface area contributed by atoms with Gasteiger partial charge in [0.15, 0.2) is 0 Å². The van der Waals surface area contributed by atoms with Gasteiger partial charge in [-0.2, -0.15) is 0 Å². The molecule has 1 aromatic rings. The van der Waals surface area contributed by atoms with Crippen molar-refractivity contribution in [1.82, 2.24) is 9.80 Å². The van der Waals surface area contributed by atoms with Gasteiger partial charge in [-0.25, -0.2) is 0 Å². The Kier molecular flexibility index (Phi) is 4.79. The molecule has 2 nitrogen and oxygen atoms in total. The highest BCUT2D eigenvalue weighted by Crippen LogP contribution is 2.06. The van der Waals surface area contributed by atoms with E-state index in [2.05, 4.69) is 62.3 Å². The van der Waals surface area contributed by atoms with Crippen molar-refractivity contribution in [2.45, 2.75) is 13.0 Å². The lowest BCUT2D eigenvalue weighted by Gasteiger charge is -2.11. The van der Waals surface area contributed by atoms with Gasteiger partial charge in [0.25, 0.3) is 0 Å². The van der Waals surface area contributed by atoms with Crippen LogP contribution in [0.3, 0.4) is 0 Å². The van der Waals surface area contributed by atoms with Gasteiger partial charge < -0.3 is 9.80 Å². The highest BCUT2D eigenvalue weighted by molar-refractivity contribution is 5.22. The smallest absolute Gasteiger partial charge is 0.0227 e. The molecule has 0 fully saturated rings. The molecule has 0 aliphatic carbocycles. The Morgan fingerprint density at radius 2 is 1.33 bits per heavy atom. The van der Waals surface area contributed by atoms with Crippen LogP contribution in [0, 0.1) is 0 Å². The van der Waals surface area contributed by atoms with E-state index in [-0.39, 0.29) is 0 Å². The van der Waals surface area contributed by atoms with E-state index in [1.165, 1.54) is 11.1 Å². The summed E-state index contributed by atoms with van der Waals surface area (Å²) < 4.78 is 0. The molecule has 1 rings (SSSR count). The lowest BCUT2D eigenvalue weighted by molar-refractivity contribution is 0.402. The third kappa shape index (κ3) is 4.96. The number of benzene rings is 1. The second-order valence-corrected chi connectivity index (χ2v) is 4.61. The van der Waals surface area contributed by atoms with Gasteiger partial charge in [-0.05, 0) is 45.7 Å². The first-order valence-electron chi connectivity index (χ1n) is 5.45. The SMILES string of the molecule is CN(C)CCc1ccc(CN(C)C)cc1. The van der Waals surface area contributed by atoms with Crippen molar-refractivity contribution >= 4 is 0 Å². The molecular formula is C13H22N2. The predicted molar refractivity (Wildman–Crippen MR) is 66.1 cm³/mol. The van der Waals surface area contributed by atoms with Gasteiger partial charge >= 0.3 is 0 Å². The van der Waals surface area contributed by atoms with E-state index in [0.29, 0.717) is 0 Å². The van der Waals surface area contributed by atoms with Crippen molar-refractivity contribution in [3.8, 4) is 0 Å². The molecule has 0 saturated heterocycles. The number of nitrogens with zero attached hydrogens (tertiary/aromatic N) is 2. The fourth-order valence-electron chi connectivity index (χ4n) is 1.53. The minimum Gasteiger partial charge on any atom is -0.309 e. The van der Waals surface area contributed by atoms with E-state index in [1.54, 1.807) is 0 Å². The van der Waals surface area contributed by atoms with Crippen LogP contribution in [-0.4, -0.2) is 44.5 Å². The number of likely N-dealkylation sites (N-methyl/N-ethyl adjacent to an activating group) is 1. The Hall–Kier alpha value is -0.860. The monoisotopic (exact) mass is 206 g/mol. The molecule has 0 bridgehead atoms. The summed E-state index contributed by atoms with van der Waals surface area (Å²) in [7, 11) is 8.42. The maximum Gasteiger partial charge on any atom is 0.0227 e. The van der Waals surface area contributed by atoms with Crippen LogP contribution in [-0.2, 0) is 13.0 Å². The molecule has 0 spiro atoms. The van der Waals surface area contributed by atoms with Gasteiger partial charge in [-0.15, -0.1) is 0 Å². The zero-order valence-electron chi connectivity index (χ0n) is 10.3. The summed E-state index contributed by atoms with van der Waals surface area (Å²) in [5.41, 5.74) is 2.81. The molecule has 0 radical (unpaired) electrons. The molecular weight excluding hydrogens is 184 g/mol. The Labute approximate surface area is 93.5 Å². The van der Waals surface area contributed by atoms with Crippen LogP contribution in [0.5, 0.6) is 0 Å². The van der Waals surface area contributed by atoms with Crippen LogP contribution in [0.15, 0.2) is 24.3 Å². The van der Waals surface area contributed by atoms with Gasteiger partial charge in [-0.1, -0.05) is 24.3 Å². The molecule has 0 saturated carbocycles. The van der Waals surface area contributed by atoms with E-state index in [1.807, 2.05) is 0 Å². The van der Waals surface area contributed by atoms with Crippen LogP contribution in [0.1, 0.15) is 11.1 Å². The summed E-state index contributed by atoms with van der Waals surface area (Å²) >= 11 is 0. The predicted octanol–water partition coefficient (Wildman–Crippen LogP) is 1.85. The molecule has 0 aliphatic rings. The lowest BCUT2D eigenvalue weighted by atomic mass is 10.1. The minimum absolute atomic E-state index is 1.02. The van der Waals surface area contributed by atoms with Gasteiger partial charge in [0.1, 0.15) is 0 Å². The standard InChI is InChI=1S/C13H22N2/c1-14(2)10-9-12-5-7-13(8-6-12)11-15(3)4/h5-8H,9-11H2,1-4H3. The maximum atomic E-state index is 2.24. The zero-order chi connectivity index (χ0) is 11.3. The third-order valence-corrected chi connectivity index (χ3v) is 2.37. The summed E-state index contributed by atoms with van der Waals surface area (Å²) in [4.78, 5) is 4.41. The first-order valence-corrected chi connectivity index (χ1v) is 5.45. The van der Waals surface area contributed by atoms with Crippen LogP contribution in [0.4, 0.5) is 0 Å². The summed E-state index contributed by atoms with van der Waals surface area (Å²) in [6.07, 6.45) is 1.13. The van der Waals surface area contributed by atoms with Crippen molar-refractivity contribution in [3.05, 3.63) is 35.4 Å². The van der Waals surface area contributed by atoms with Gasteiger partial charge in [-0.3, -0.25) is 0 Å².